The fourth-order valence-corrected chi connectivity index (χ4v) is 5.41. The molecular weight excluding hydrogens is 544 g/mol. The van der Waals surface area contributed by atoms with Crippen molar-refractivity contribution in [2.75, 3.05) is 19.6 Å². The average molecular weight is 576 g/mol. The molecule has 4 amide bonds. The Labute approximate surface area is 242 Å². The molecule has 0 spiro atoms. The van der Waals surface area contributed by atoms with Crippen LogP contribution in [0.4, 0.5) is 13.6 Å². The average Bonchev–Trinajstić information content (AvgIpc) is 2.97. The summed E-state index contributed by atoms with van der Waals surface area (Å²) in [6, 6.07) is 17.3. The van der Waals surface area contributed by atoms with Crippen molar-refractivity contribution < 1.29 is 28.3 Å². The Hall–Kier alpha value is -4.77. The van der Waals surface area contributed by atoms with E-state index < -0.39 is 35.8 Å². The number of nitrogens with one attached hydrogen (secondary N) is 1. The van der Waals surface area contributed by atoms with E-state index >= 15 is 0 Å². The lowest BCUT2D eigenvalue weighted by molar-refractivity contribution is -0.189. The molecule has 5 rings (SSSR count). The molecule has 0 radical (unpaired) electrons. The maximum Gasteiger partial charge on any atom is 0.334 e. The van der Waals surface area contributed by atoms with E-state index in [1.165, 1.54) is 33.0 Å². The van der Waals surface area contributed by atoms with Crippen molar-refractivity contribution in [1.29, 1.82) is 0 Å². The van der Waals surface area contributed by atoms with Crippen LogP contribution in [0.5, 0.6) is 5.75 Å². The van der Waals surface area contributed by atoms with Crippen molar-refractivity contribution in [3.63, 3.8) is 0 Å². The minimum atomic E-state index is -1.01. The summed E-state index contributed by atoms with van der Waals surface area (Å²) in [4.78, 5) is 44.1. The van der Waals surface area contributed by atoms with Crippen LogP contribution in [0.1, 0.15) is 16.7 Å². The van der Waals surface area contributed by atoms with Gasteiger partial charge >= 0.3 is 6.03 Å². The van der Waals surface area contributed by atoms with Crippen molar-refractivity contribution >= 4 is 17.8 Å². The summed E-state index contributed by atoms with van der Waals surface area (Å²) in [5.74, 6) is -2.27. The molecule has 2 N–H and O–H groups in total. The quantitative estimate of drug-likeness (QED) is 0.402. The monoisotopic (exact) mass is 575 g/mol. The van der Waals surface area contributed by atoms with Crippen LogP contribution in [0.2, 0.25) is 0 Å². The maximum atomic E-state index is 14.7. The Kier molecular flexibility index (Phi) is 8.48. The van der Waals surface area contributed by atoms with Gasteiger partial charge in [-0.2, -0.15) is 0 Å². The first-order valence-corrected chi connectivity index (χ1v) is 13.5. The Balaban J connectivity index is 1.50. The first-order chi connectivity index (χ1) is 20.2. The van der Waals surface area contributed by atoms with Crippen LogP contribution < -0.4 is 5.32 Å². The fourth-order valence-electron chi connectivity index (χ4n) is 5.41. The lowest BCUT2D eigenvalue weighted by Crippen LogP contribution is -2.76. The van der Waals surface area contributed by atoms with E-state index in [1.807, 2.05) is 30.3 Å². The lowest BCUT2D eigenvalue weighted by atomic mass is 9.98. The molecule has 2 atom stereocenters. The Bertz CT molecular complexity index is 1470. The molecule has 218 valence electrons. The molecule has 42 heavy (non-hydrogen) atoms. The van der Waals surface area contributed by atoms with Crippen molar-refractivity contribution in [2.45, 2.75) is 31.7 Å². The lowest BCUT2D eigenvalue weighted by Gasteiger charge is -2.55. The molecule has 2 fully saturated rings. The molecule has 2 aliphatic heterocycles. The van der Waals surface area contributed by atoms with Gasteiger partial charge < -0.3 is 20.2 Å². The molecule has 0 aromatic heterocycles. The highest BCUT2D eigenvalue weighted by Crippen LogP contribution is 2.30. The Morgan fingerprint density at radius 3 is 2.45 bits per heavy atom. The van der Waals surface area contributed by atoms with Crippen molar-refractivity contribution in [1.82, 2.24) is 25.1 Å². The van der Waals surface area contributed by atoms with Crippen LogP contribution in [0, 0.1) is 11.6 Å². The Morgan fingerprint density at radius 2 is 1.76 bits per heavy atom. The first kappa shape index (κ1) is 28.7. The van der Waals surface area contributed by atoms with Gasteiger partial charge in [-0.15, -0.1) is 6.58 Å². The molecule has 11 heteroatoms. The number of hydrazine groups is 1. The van der Waals surface area contributed by atoms with E-state index in [2.05, 4.69) is 11.9 Å². The van der Waals surface area contributed by atoms with Crippen LogP contribution in [-0.2, 0) is 29.1 Å². The number of benzene rings is 3. The number of urea groups is 1. The second-order valence-corrected chi connectivity index (χ2v) is 10.2. The van der Waals surface area contributed by atoms with Gasteiger partial charge in [0, 0.05) is 37.7 Å². The number of hydrogen-bond donors (Lipinski definition) is 2. The topological polar surface area (TPSA) is 96.4 Å². The molecule has 0 aliphatic carbocycles. The number of carbonyl (C=O) groups excluding carboxylic acids is 3. The van der Waals surface area contributed by atoms with Gasteiger partial charge in [0.25, 0.3) is 0 Å². The van der Waals surface area contributed by atoms with Gasteiger partial charge in [-0.25, -0.2) is 23.6 Å². The fraction of sp³-hybridized carbons (Fsp3) is 0.258. The molecule has 2 aliphatic rings. The third-order valence-corrected chi connectivity index (χ3v) is 7.41. The summed E-state index contributed by atoms with van der Waals surface area (Å²) in [7, 11) is 0. The molecule has 2 heterocycles. The third kappa shape index (κ3) is 6.10. The summed E-state index contributed by atoms with van der Waals surface area (Å²) in [6.07, 6.45) is 0.767. The number of fused-ring (bicyclic) bond motifs is 1. The van der Waals surface area contributed by atoms with E-state index in [4.69, 9.17) is 0 Å². The smallest absolute Gasteiger partial charge is 0.334 e. The van der Waals surface area contributed by atoms with E-state index in [9.17, 15) is 28.3 Å². The number of amides is 4. The number of aromatic hydroxyl groups is 1. The van der Waals surface area contributed by atoms with Gasteiger partial charge in [-0.3, -0.25) is 9.59 Å². The van der Waals surface area contributed by atoms with Gasteiger partial charge in [0.05, 0.1) is 13.1 Å². The summed E-state index contributed by atoms with van der Waals surface area (Å²) >= 11 is 0. The van der Waals surface area contributed by atoms with Gasteiger partial charge in [0.1, 0.15) is 29.6 Å². The number of piperazine rings is 1. The second-order valence-electron chi connectivity index (χ2n) is 10.2. The van der Waals surface area contributed by atoms with Gasteiger partial charge in [0.2, 0.25) is 11.8 Å². The second kappa shape index (κ2) is 12.4. The van der Waals surface area contributed by atoms with E-state index in [0.29, 0.717) is 5.56 Å². The number of phenols is 1. The summed E-state index contributed by atoms with van der Waals surface area (Å²) < 4.78 is 28.3. The number of rotatable bonds is 8. The van der Waals surface area contributed by atoms with Crippen LogP contribution >= 0.6 is 0 Å². The van der Waals surface area contributed by atoms with Crippen LogP contribution in [-0.4, -0.2) is 74.6 Å². The zero-order valence-electron chi connectivity index (χ0n) is 22.8. The minimum absolute atomic E-state index is 0.0513. The number of carbonyl (C=O) groups is 3. The minimum Gasteiger partial charge on any atom is -0.508 e. The summed E-state index contributed by atoms with van der Waals surface area (Å²) in [5, 5.41) is 15.6. The van der Waals surface area contributed by atoms with Crippen molar-refractivity contribution in [3.05, 3.63) is 114 Å². The van der Waals surface area contributed by atoms with Crippen LogP contribution in [0.25, 0.3) is 0 Å². The number of hydrogen-bond acceptors (Lipinski definition) is 5. The predicted molar refractivity (Wildman–Crippen MR) is 150 cm³/mol. The standard InChI is InChI=1S/C31H31F2N5O4/c1-2-14-36-20-29(40)37-27(15-21-8-12-25(39)13-9-21)30(41)35(18-23-10-11-24(32)16-26(23)33)19-28(37)38(36)31(42)34-17-22-6-4-3-5-7-22/h2-13,16,27-28,39H,1,14-15,17-20H2,(H,34,42)/t27-,28+/m1/s1. The molecule has 3 aromatic rings. The predicted octanol–water partition coefficient (Wildman–Crippen LogP) is 3.41. The highest BCUT2D eigenvalue weighted by Gasteiger charge is 2.51. The zero-order valence-corrected chi connectivity index (χ0v) is 22.8. The van der Waals surface area contributed by atoms with Crippen molar-refractivity contribution in [2.24, 2.45) is 0 Å². The van der Waals surface area contributed by atoms with Crippen LogP contribution in [0.15, 0.2) is 85.5 Å². The normalized spacial score (nSPS) is 19.0. The van der Waals surface area contributed by atoms with E-state index in [1.54, 1.807) is 23.2 Å². The largest absolute Gasteiger partial charge is 0.508 e. The molecule has 0 bridgehead atoms. The highest BCUT2D eigenvalue weighted by atomic mass is 19.1. The molecule has 0 saturated carbocycles. The van der Waals surface area contributed by atoms with Gasteiger partial charge in [-0.1, -0.05) is 54.6 Å². The number of halogens is 2. The molecule has 9 nitrogen and oxygen atoms in total. The van der Waals surface area contributed by atoms with E-state index in [-0.39, 0.29) is 56.4 Å². The first-order valence-electron chi connectivity index (χ1n) is 13.5. The summed E-state index contributed by atoms with van der Waals surface area (Å²) in [6.45, 7) is 3.75. The zero-order chi connectivity index (χ0) is 29.8. The number of nitrogens with zero attached hydrogens (tertiary/aromatic N) is 4. The van der Waals surface area contributed by atoms with Gasteiger partial charge in [0.15, 0.2) is 0 Å². The van der Waals surface area contributed by atoms with Crippen LogP contribution in [0.3, 0.4) is 0 Å². The maximum absolute atomic E-state index is 14.7. The SMILES string of the molecule is C=CCN1CC(=O)N2[C@H](Cc3ccc(O)cc3)C(=O)N(Cc3ccc(F)cc3F)C[C@@H]2N1C(=O)NCc1ccccc1. The van der Waals surface area contributed by atoms with E-state index in [0.717, 1.165) is 17.7 Å². The highest BCUT2D eigenvalue weighted by molar-refractivity contribution is 5.91. The molecule has 0 unspecified atom stereocenters. The third-order valence-electron chi connectivity index (χ3n) is 7.41. The molecular formula is C31H31F2N5O4. The van der Waals surface area contributed by atoms with Gasteiger partial charge in [-0.05, 0) is 29.3 Å². The Morgan fingerprint density at radius 1 is 1.02 bits per heavy atom. The van der Waals surface area contributed by atoms with Crippen molar-refractivity contribution in [3.8, 4) is 5.75 Å². The molecule has 3 aromatic carbocycles. The molecule has 2 saturated heterocycles. The number of phenolic OH excluding ortho intramolecular Hbond substituents is 1. The summed E-state index contributed by atoms with van der Waals surface area (Å²) in [5.41, 5.74) is 1.66.